The minimum Gasteiger partial charge on any atom is -0.507 e. The zero-order valence-corrected chi connectivity index (χ0v) is 29.0. The van der Waals surface area contributed by atoms with Crippen molar-refractivity contribution < 1.29 is 27.6 Å². The number of aromatic hydroxyl groups is 1. The number of hydrogen-bond acceptors (Lipinski definition) is 6. The van der Waals surface area contributed by atoms with Crippen LogP contribution in [0.4, 0.5) is 0 Å². The van der Waals surface area contributed by atoms with Gasteiger partial charge in [-0.2, -0.15) is 0 Å². The van der Waals surface area contributed by atoms with Crippen LogP contribution in [0, 0.1) is 13.8 Å². The van der Waals surface area contributed by atoms with Gasteiger partial charge in [-0.3, -0.25) is 0 Å². The summed E-state index contributed by atoms with van der Waals surface area (Å²) in [4.78, 5) is 0. The van der Waals surface area contributed by atoms with Gasteiger partial charge >= 0.3 is 7.12 Å². The van der Waals surface area contributed by atoms with Gasteiger partial charge in [0.2, 0.25) is 0 Å². The number of benzene rings is 3. The molecule has 1 fully saturated rings. The van der Waals surface area contributed by atoms with Gasteiger partial charge in [0.25, 0.3) is 8.32 Å². The second-order valence-electron chi connectivity index (χ2n) is 13.7. The second-order valence-corrected chi connectivity index (χ2v) is 20.1. The number of sulfone groups is 1. The predicted molar refractivity (Wildman–Crippen MR) is 186 cm³/mol. The van der Waals surface area contributed by atoms with E-state index in [0.29, 0.717) is 18.6 Å². The standard InChI is InChI=1S/C36H45BO6SSi/c1-25(19-28-20-26(2)35(38)27(3)21-28)17-18-32-34-29(24-44(40,41)33(34)22-37(39)43-32)23-42-45(36(4,5)6,30-13-9-7-10-14-30)31-15-11-8-12-16-31/h7-16,19-21,32-33,38-39H,17-18,22-24H2,1-6H3/b25-19+/t32-,33+/m1/s1. The highest BCUT2D eigenvalue weighted by molar-refractivity contribution is 7.92. The van der Waals surface area contributed by atoms with Gasteiger partial charge in [-0.15, -0.1) is 0 Å². The van der Waals surface area contributed by atoms with Gasteiger partial charge in [0.05, 0.1) is 23.7 Å². The van der Waals surface area contributed by atoms with Crippen molar-refractivity contribution in [2.75, 3.05) is 12.4 Å². The molecule has 2 atom stereocenters. The molecule has 9 heteroatoms. The zero-order valence-electron chi connectivity index (χ0n) is 27.2. The van der Waals surface area contributed by atoms with Crippen molar-refractivity contribution in [3.63, 3.8) is 0 Å². The van der Waals surface area contributed by atoms with Crippen LogP contribution in [0.2, 0.25) is 11.4 Å². The third-order valence-electron chi connectivity index (χ3n) is 9.26. The molecule has 6 nitrogen and oxygen atoms in total. The number of rotatable bonds is 9. The number of aryl methyl sites for hydroxylation is 2. The van der Waals surface area contributed by atoms with Gasteiger partial charge in [-0.1, -0.05) is 93.1 Å². The fourth-order valence-corrected chi connectivity index (χ4v) is 13.8. The molecular formula is C36H45BO6SSi. The van der Waals surface area contributed by atoms with Crippen LogP contribution in [-0.4, -0.2) is 57.7 Å². The maximum absolute atomic E-state index is 13.5. The summed E-state index contributed by atoms with van der Waals surface area (Å²) in [7, 11) is -7.54. The highest BCUT2D eigenvalue weighted by Crippen LogP contribution is 2.42. The van der Waals surface area contributed by atoms with Crippen molar-refractivity contribution in [2.24, 2.45) is 0 Å². The molecule has 1 saturated heterocycles. The van der Waals surface area contributed by atoms with E-state index in [2.05, 4.69) is 51.1 Å². The summed E-state index contributed by atoms with van der Waals surface area (Å²) in [5.74, 6) is 0.223. The molecule has 0 aromatic heterocycles. The number of fused-ring (bicyclic) bond motifs is 1. The van der Waals surface area contributed by atoms with E-state index in [1.165, 1.54) is 0 Å². The summed E-state index contributed by atoms with van der Waals surface area (Å²) < 4.78 is 40.3. The Labute approximate surface area is 270 Å². The molecular weight excluding hydrogens is 599 g/mol. The van der Waals surface area contributed by atoms with E-state index in [-0.39, 0.29) is 23.7 Å². The van der Waals surface area contributed by atoms with Gasteiger partial charge in [0.1, 0.15) is 5.75 Å². The first kappa shape index (κ1) is 33.4. The molecule has 2 aliphatic rings. The Hall–Kier alpha value is -2.95. The van der Waals surface area contributed by atoms with Crippen LogP contribution in [0.15, 0.2) is 89.5 Å². The number of allylic oxidation sites excluding steroid dienone is 1. The summed E-state index contributed by atoms with van der Waals surface area (Å²) in [6.07, 6.45) is 2.80. The van der Waals surface area contributed by atoms with Crippen LogP contribution >= 0.6 is 0 Å². The Morgan fingerprint density at radius 1 is 1.02 bits per heavy atom. The van der Waals surface area contributed by atoms with Gasteiger partial charge < -0.3 is 19.2 Å². The van der Waals surface area contributed by atoms with Gasteiger partial charge in [0, 0.05) is 6.32 Å². The molecule has 0 aliphatic carbocycles. The minimum absolute atomic E-state index is 0.0394. The van der Waals surface area contributed by atoms with Crippen LogP contribution in [0.5, 0.6) is 5.75 Å². The van der Waals surface area contributed by atoms with Crippen molar-refractivity contribution in [3.05, 3.63) is 106 Å². The molecule has 0 saturated carbocycles. The lowest BCUT2D eigenvalue weighted by molar-refractivity contribution is 0.168. The molecule has 0 unspecified atom stereocenters. The number of phenols is 1. The van der Waals surface area contributed by atoms with Gasteiger partial charge in [-0.25, -0.2) is 8.42 Å². The van der Waals surface area contributed by atoms with Crippen LogP contribution in [0.25, 0.3) is 6.08 Å². The predicted octanol–water partition coefficient (Wildman–Crippen LogP) is 5.74. The van der Waals surface area contributed by atoms with E-state index in [1.54, 1.807) is 0 Å². The zero-order chi connectivity index (χ0) is 32.6. The van der Waals surface area contributed by atoms with Crippen molar-refractivity contribution >= 4 is 41.7 Å². The molecule has 3 aromatic carbocycles. The second kappa shape index (κ2) is 13.0. The molecule has 238 valence electrons. The Balaban J connectivity index is 1.48. The summed E-state index contributed by atoms with van der Waals surface area (Å²) in [5.41, 5.74) is 5.28. The van der Waals surface area contributed by atoms with Gasteiger partial charge in [-0.05, 0) is 89.0 Å². The Morgan fingerprint density at radius 2 is 1.58 bits per heavy atom. The first-order chi connectivity index (χ1) is 21.2. The molecule has 2 N–H and O–H groups in total. The normalized spacial score (nSPS) is 20.4. The fourth-order valence-electron chi connectivity index (χ4n) is 7.15. The fraction of sp³-hybridized carbons (Fsp3) is 0.389. The lowest BCUT2D eigenvalue weighted by Gasteiger charge is -2.43. The number of hydrogen-bond donors (Lipinski definition) is 2. The minimum atomic E-state index is -3.51. The molecule has 0 radical (unpaired) electrons. The largest absolute Gasteiger partial charge is 0.507 e. The molecule has 2 heterocycles. The highest BCUT2D eigenvalue weighted by Gasteiger charge is 2.52. The third-order valence-corrected chi connectivity index (χ3v) is 16.3. The first-order valence-electron chi connectivity index (χ1n) is 15.7. The van der Waals surface area contributed by atoms with E-state index < -0.39 is 36.6 Å². The van der Waals surface area contributed by atoms with Crippen LogP contribution < -0.4 is 10.4 Å². The first-order valence-corrected chi connectivity index (χ1v) is 19.3. The lowest BCUT2D eigenvalue weighted by Crippen LogP contribution is -2.66. The summed E-state index contributed by atoms with van der Waals surface area (Å²) in [5, 5.41) is 22.0. The van der Waals surface area contributed by atoms with Crippen LogP contribution in [0.3, 0.4) is 0 Å². The van der Waals surface area contributed by atoms with Gasteiger partial charge in [0.15, 0.2) is 9.84 Å². The van der Waals surface area contributed by atoms with Crippen LogP contribution in [0.1, 0.15) is 57.2 Å². The van der Waals surface area contributed by atoms with E-state index in [0.717, 1.165) is 43.8 Å². The van der Waals surface area contributed by atoms with Crippen molar-refractivity contribution in [2.45, 2.75) is 77.1 Å². The summed E-state index contributed by atoms with van der Waals surface area (Å²) in [6, 6.07) is 24.6. The maximum atomic E-state index is 13.5. The molecule has 5 rings (SSSR count). The summed E-state index contributed by atoms with van der Waals surface area (Å²) >= 11 is 0. The number of phenolic OH excluding ortho intramolecular Hbond substituents is 1. The molecule has 3 aromatic rings. The average Bonchev–Trinajstić information content (AvgIpc) is 3.24. The Morgan fingerprint density at radius 3 is 2.11 bits per heavy atom. The Kier molecular flexibility index (Phi) is 9.69. The van der Waals surface area contributed by atoms with E-state index in [4.69, 9.17) is 9.08 Å². The quantitative estimate of drug-likeness (QED) is 0.228. The SMILES string of the molecule is C/C(=C\c1cc(C)c(O)c(C)c1)CC[C@H]1OB(O)C[C@H]2C1=C(CO[Si](c1ccccc1)(c1ccccc1)C(C)(C)C)CS2(=O)=O. The highest BCUT2D eigenvalue weighted by atomic mass is 32.2. The molecule has 0 bridgehead atoms. The maximum Gasteiger partial charge on any atom is 0.456 e. The van der Waals surface area contributed by atoms with Crippen molar-refractivity contribution in [1.82, 2.24) is 0 Å². The van der Waals surface area contributed by atoms with E-state index >= 15 is 0 Å². The average molecular weight is 645 g/mol. The molecule has 0 amide bonds. The van der Waals surface area contributed by atoms with Crippen LogP contribution in [-0.2, 0) is 18.9 Å². The van der Waals surface area contributed by atoms with Crippen molar-refractivity contribution in [3.8, 4) is 5.75 Å². The topological polar surface area (TPSA) is 93.1 Å². The molecule has 2 aliphatic heterocycles. The summed E-state index contributed by atoms with van der Waals surface area (Å²) in [6.45, 7) is 12.6. The smallest absolute Gasteiger partial charge is 0.456 e. The van der Waals surface area contributed by atoms with Crippen molar-refractivity contribution in [1.29, 1.82) is 0 Å². The third kappa shape index (κ3) is 6.79. The molecule has 0 spiro atoms. The lowest BCUT2D eigenvalue weighted by atomic mass is 9.74. The monoisotopic (exact) mass is 644 g/mol. The Bertz CT molecular complexity index is 1630. The van der Waals surface area contributed by atoms with E-state index in [9.17, 15) is 18.5 Å². The van der Waals surface area contributed by atoms with E-state index in [1.807, 2.05) is 69.3 Å². The molecule has 45 heavy (non-hydrogen) atoms.